The van der Waals surface area contributed by atoms with Crippen LogP contribution in [0.5, 0.6) is 0 Å². The topological polar surface area (TPSA) is 78.1 Å². The van der Waals surface area contributed by atoms with Gasteiger partial charge in [-0.25, -0.2) is 9.37 Å². The zero-order valence-electron chi connectivity index (χ0n) is 21.7. The molecule has 1 amide bonds. The van der Waals surface area contributed by atoms with Gasteiger partial charge in [0.15, 0.2) is 5.82 Å². The molecule has 1 saturated carbocycles. The van der Waals surface area contributed by atoms with Crippen LogP contribution in [0.1, 0.15) is 59.8 Å². The van der Waals surface area contributed by atoms with E-state index in [0.717, 1.165) is 42.3 Å². The summed E-state index contributed by atoms with van der Waals surface area (Å²) >= 11 is 6.38. The molecular formula is C32H28ClFN4O2. The van der Waals surface area contributed by atoms with Crippen LogP contribution in [0.25, 0.3) is 11.0 Å². The Labute approximate surface area is 235 Å². The van der Waals surface area contributed by atoms with E-state index >= 15 is 0 Å². The number of nitrogens with one attached hydrogen (secondary N) is 2. The Hall–Kier alpha value is -3.55. The maximum absolute atomic E-state index is 14.8. The number of halogens is 2. The molecule has 1 aliphatic carbocycles. The number of Topliss-reactive ketones (excluding diaryl/α,β-unsaturated/α-hetero) is 1. The number of para-hydroxylation sites is 2. The fraction of sp³-hybridized carbons (Fsp3) is 0.344. The average Bonchev–Trinajstić information content (AvgIpc) is 3.68. The van der Waals surface area contributed by atoms with Gasteiger partial charge in [-0.1, -0.05) is 54.8 Å². The van der Waals surface area contributed by atoms with Crippen LogP contribution < -0.4 is 5.32 Å². The highest BCUT2D eigenvalue weighted by atomic mass is 35.5. The number of hydrogen-bond acceptors (Lipinski definition) is 4. The Bertz CT molecular complexity index is 1670. The van der Waals surface area contributed by atoms with Gasteiger partial charge in [-0.15, -0.1) is 0 Å². The summed E-state index contributed by atoms with van der Waals surface area (Å²) in [6, 6.07) is 19.6. The summed E-state index contributed by atoms with van der Waals surface area (Å²) in [5.41, 5.74) is 2.35. The van der Waals surface area contributed by atoms with E-state index in [1.165, 1.54) is 12.5 Å². The van der Waals surface area contributed by atoms with Crippen molar-refractivity contribution in [1.29, 1.82) is 0 Å². The predicted molar refractivity (Wildman–Crippen MR) is 151 cm³/mol. The molecule has 6 nitrogen and oxygen atoms in total. The van der Waals surface area contributed by atoms with Crippen molar-refractivity contribution in [3.63, 3.8) is 0 Å². The monoisotopic (exact) mass is 554 g/mol. The van der Waals surface area contributed by atoms with Crippen LogP contribution in [0.4, 0.5) is 10.1 Å². The van der Waals surface area contributed by atoms with E-state index < -0.39 is 17.4 Å². The number of rotatable bonds is 3. The summed E-state index contributed by atoms with van der Waals surface area (Å²) in [7, 11) is 0. The molecule has 3 aromatic carbocycles. The van der Waals surface area contributed by atoms with Crippen molar-refractivity contribution in [2.24, 2.45) is 11.8 Å². The number of ketones is 1. The van der Waals surface area contributed by atoms with Crippen LogP contribution in [0, 0.1) is 17.7 Å². The lowest BCUT2D eigenvalue weighted by Crippen LogP contribution is -2.56. The third-order valence-corrected chi connectivity index (χ3v) is 10.1. The highest BCUT2D eigenvalue weighted by Crippen LogP contribution is 2.64. The molecule has 4 aliphatic rings. The highest BCUT2D eigenvalue weighted by Gasteiger charge is 2.72. The predicted octanol–water partition coefficient (Wildman–Crippen LogP) is 6.43. The summed E-state index contributed by atoms with van der Waals surface area (Å²) in [6.45, 7) is 0. The van der Waals surface area contributed by atoms with E-state index in [4.69, 9.17) is 11.6 Å². The lowest BCUT2D eigenvalue weighted by Gasteiger charge is -2.42. The van der Waals surface area contributed by atoms with Gasteiger partial charge in [0.25, 0.3) is 0 Å². The molecule has 3 aliphatic heterocycles. The van der Waals surface area contributed by atoms with Gasteiger partial charge in [0.2, 0.25) is 11.7 Å². The second-order valence-corrected chi connectivity index (χ2v) is 12.2. The van der Waals surface area contributed by atoms with Crippen LogP contribution in [0.15, 0.2) is 66.7 Å². The number of imidazole rings is 1. The molecule has 0 radical (unpaired) electrons. The summed E-state index contributed by atoms with van der Waals surface area (Å²) < 4.78 is 14.8. The van der Waals surface area contributed by atoms with Crippen LogP contribution in [-0.2, 0) is 10.3 Å². The second kappa shape index (κ2) is 8.72. The molecule has 40 heavy (non-hydrogen) atoms. The van der Waals surface area contributed by atoms with E-state index in [-0.39, 0.29) is 35.4 Å². The molecule has 6 atom stereocenters. The Morgan fingerprint density at radius 1 is 1.02 bits per heavy atom. The zero-order chi connectivity index (χ0) is 27.2. The van der Waals surface area contributed by atoms with Gasteiger partial charge < -0.3 is 10.3 Å². The van der Waals surface area contributed by atoms with Gasteiger partial charge in [-0.2, -0.15) is 0 Å². The van der Waals surface area contributed by atoms with Crippen molar-refractivity contribution in [2.75, 3.05) is 5.32 Å². The first-order valence-corrected chi connectivity index (χ1v) is 14.5. The number of anilines is 1. The lowest BCUT2D eigenvalue weighted by molar-refractivity contribution is -0.129. The van der Waals surface area contributed by atoms with Crippen molar-refractivity contribution in [3.05, 3.63) is 94.5 Å². The number of benzene rings is 3. The minimum Gasteiger partial charge on any atom is -0.335 e. The molecule has 4 aromatic rings. The molecule has 2 N–H and O–H groups in total. The average molecular weight is 555 g/mol. The van der Waals surface area contributed by atoms with Crippen LogP contribution in [0.3, 0.4) is 0 Å². The number of aromatic amines is 1. The van der Waals surface area contributed by atoms with Gasteiger partial charge >= 0.3 is 0 Å². The van der Waals surface area contributed by atoms with Crippen molar-refractivity contribution < 1.29 is 14.0 Å². The molecule has 5 unspecified atom stereocenters. The van der Waals surface area contributed by atoms with Gasteiger partial charge in [-0.05, 0) is 67.1 Å². The Morgan fingerprint density at radius 3 is 2.73 bits per heavy atom. The molecule has 202 valence electrons. The standard InChI is InChI=1S/C32H28ClFN4O2/c33-19-12-13-21-24(16-19)37-31(40)32(21)28(29(39)30-35-22-9-2-3-10-23(22)36-30)27(18-7-5-8-20(34)14-18)26-15-17-6-1-4-11-25(17)38(26)32/h2-3,5,7-10,12-14,16-17,25-28H,1,4,6,11,15H2,(H,35,36)(H,37,40)/t17?,25?,26?,27?,28?,32-/m1/s1. The second-order valence-electron chi connectivity index (χ2n) is 11.8. The van der Waals surface area contributed by atoms with Crippen LogP contribution in [0.2, 0.25) is 5.02 Å². The number of nitrogens with zero attached hydrogens (tertiary/aromatic N) is 2. The quantitative estimate of drug-likeness (QED) is 0.286. The maximum Gasteiger partial charge on any atom is 0.250 e. The molecule has 0 bridgehead atoms. The van der Waals surface area contributed by atoms with Crippen molar-refractivity contribution in [1.82, 2.24) is 14.9 Å². The number of hydrogen-bond donors (Lipinski definition) is 2. The number of aromatic nitrogens is 2. The number of amides is 1. The third-order valence-electron chi connectivity index (χ3n) is 9.88. The SMILES string of the molecule is O=C(c1nc2ccccc2[nH]1)C1C(c2cccc(F)c2)C2CC3CCCCC3N2[C@@]12C(=O)Nc1cc(Cl)ccc12. The largest absolute Gasteiger partial charge is 0.335 e. The van der Waals surface area contributed by atoms with Crippen molar-refractivity contribution in [2.45, 2.75) is 55.6 Å². The Balaban J connectivity index is 1.40. The fourth-order valence-electron chi connectivity index (χ4n) is 8.54. The van der Waals surface area contributed by atoms with E-state index in [1.807, 2.05) is 36.4 Å². The minimum absolute atomic E-state index is 0.0967. The van der Waals surface area contributed by atoms with Crippen LogP contribution >= 0.6 is 11.6 Å². The normalized spacial score (nSPS) is 30.9. The summed E-state index contributed by atoms with van der Waals surface area (Å²) in [4.78, 5) is 39.6. The minimum atomic E-state index is -1.26. The Kier molecular flexibility index (Phi) is 5.29. The third kappa shape index (κ3) is 3.22. The van der Waals surface area contributed by atoms with Gasteiger partial charge in [-0.3, -0.25) is 14.5 Å². The first kappa shape index (κ1) is 24.3. The van der Waals surface area contributed by atoms with Crippen LogP contribution in [-0.4, -0.2) is 38.6 Å². The molecule has 3 fully saturated rings. The lowest BCUT2D eigenvalue weighted by atomic mass is 9.68. The van der Waals surface area contributed by atoms with E-state index in [0.29, 0.717) is 22.1 Å². The van der Waals surface area contributed by atoms with Crippen molar-refractivity contribution in [3.8, 4) is 0 Å². The molecule has 4 heterocycles. The number of H-pyrrole nitrogens is 1. The van der Waals surface area contributed by atoms with E-state index in [1.54, 1.807) is 24.3 Å². The molecule has 8 heteroatoms. The van der Waals surface area contributed by atoms with Gasteiger partial charge in [0.05, 0.1) is 17.0 Å². The highest BCUT2D eigenvalue weighted by molar-refractivity contribution is 6.31. The maximum atomic E-state index is 14.8. The molecular weight excluding hydrogens is 527 g/mol. The number of carbonyl (C=O) groups excluding carboxylic acids is 2. The molecule has 1 spiro atoms. The van der Waals surface area contributed by atoms with E-state index in [2.05, 4.69) is 20.2 Å². The summed E-state index contributed by atoms with van der Waals surface area (Å²) in [5, 5.41) is 3.62. The smallest absolute Gasteiger partial charge is 0.250 e. The summed E-state index contributed by atoms with van der Waals surface area (Å²) in [6.07, 6.45) is 5.19. The molecule has 1 aromatic heterocycles. The first-order chi connectivity index (χ1) is 19.5. The molecule has 2 saturated heterocycles. The zero-order valence-corrected chi connectivity index (χ0v) is 22.5. The fourth-order valence-corrected chi connectivity index (χ4v) is 8.71. The van der Waals surface area contributed by atoms with Crippen molar-refractivity contribution >= 4 is 40.0 Å². The number of carbonyl (C=O) groups is 2. The number of fused-ring (bicyclic) bond motifs is 7. The molecule has 8 rings (SSSR count). The van der Waals surface area contributed by atoms with Gasteiger partial charge in [0, 0.05) is 34.3 Å². The first-order valence-electron chi connectivity index (χ1n) is 14.1. The van der Waals surface area contributed by atoms with Gasteiger partial charge in [0.1, 0.15) is 11.4 Å². The summed E-state index contributed by atoms with van der Waals surface area (Å²) in [5.74, 6) is -1.35. The van der Waals surface area contributed by atoms with E-state index in [9.17, 15) is 14.0 Å². The Morgan fingerprint density at radius 2 is 1.88 bits per heavy atom.